The number of pyridine rings is 1. The first-order chi connectivity index (χ1) is 10.8. The number of aromatic nitrogens is 1. The molecular weight excluding hydrogens is 292 g/mol. The lowest BCUT2D eigenvalue weighted by molar-refractivity contribution is 1.06. The largest absolute Gasteiger partial charge is 0.264 e. The highest BCUT2D eigenvalue weighted by molar-refractivity contribution is 6.29. The van der Waals surface area contributed by atoms with E-state index in [0.717, 1.165) is 28.9 Å². The van der Waals surface area contributed by atoms with Crippen LogP contribution in [0.1, 0.15) is 16.8 Å². The van der Waals surface area contributed by atoms with Crippen LogP contribution in [0, 0.1) is 0 Å². The van der Waals surface area contributed by atoms with Gasteiger partial charge in [0.15, 0.2) is 0 Å². The lowest BCUT2D eigenvalue weighted by Gasteiger charge is -2.11. The van der Waals surface area contributed by atoms with E-state index in [0.29, 0.717) is 5.15 Å². The Morgan fingerprint density at radius 3 is 2.73 bits per heavy atom. The van der Waals surface area contributed by atoms with Gasteiger partial charge in [-0.3, -0.25) is 4.99 Å². The smallest absolute Gasteiger partial charge is 0.129 e. The van der Waals surface area contributed by atoms with Crippen molar-refractivity contribution in [3.8, 4) is 0 Å². The summed E-state index contributed by atoms with van der Waals surface area (Å²) < 4.78 is 0. The summed E-state index contributed by atoms with van der Waals surface area (Å²) in [5.74, 6) is 0. The summed E-state index contributed by atoms with van der Waals surface area (Å²) in [4.78, 5) is 8.49. The van der Waals surface area contributed by atoms with E-state index in [4.69, 9.17) is 11.6 Å². The number of fused-ring (bicyclic) bond motifs is 1. The Hall–Kier alpha value is -2.45. The standard InChI is InChI=1S/C19H15ClN2/c1-21-17(15-5-3-2-4-6-15)11-8-14-7-9-16-10-12-19(20)22-18(16)13-14/h2-12H,1,13H2/b14-8-,17-11-. The first-order valence-electron chi connectivity index (χ1n) is 7.03. The average molecular weight is 307 g/mol. The van der Waals surface area contributed by atoms with Gasteiger partial charge in [0.2, 0.25) is 0 Å². The maximum Gasteiger partial charge on any atom is 0.129 e. The first-order valence-corrected chi connectivity index (χ1v) is 7.40. The molecule has 2 nitrogen and oxygen atoms in total. The lowest BCUT2D eigenvalue weighted by atomic mass is 9.98. The Kier molecular flexibility index (Phi) is 4.31. The third-order valence-electron chi connectivity index (χ3n) is 3.52. The average Bonchev–Trinajstić information content (AvgIpc) is 2.56. The number of halogens is 1. The van der Waals surface area contributed by atoms with Crippen molar-refractivity contribution in [3.63, 3.8) is 0 Å². The van der Waals surface area contributed by atoms with Crippen molar-refractivity contribution < 1.29 is 0 Å². The van der Waals surface area contributed by atoms with Gasteiger partial charge in [-0.25, -0.2) is 4.98 Å². The normalized spacial score (nSPS) is 15.7. The van der Waals surface area contributed by atoms with Crippen molar-refractivity contribution in [2.24, 2.45) is 4.99 Å². The van der Waals surface area contributed by atoms with E-state index >= 15 is 0 Å². The monoisotopic (exact) mass is 306 g/mol. The molecule has 0 spiro atoms. The highest BCUT2D eigenvalue weighted by Gasteiger charge is 2.09. The van der Waals surface area contributed by atoms with Crippen molar-refractivity contribution in [2.75, 3.05) is 0 Å². The van der Waals surface area contributed by atoms with Gasteiger partial charge < -0.3 is 0 Å². The molecule has 2 aromatic rings. The quantitative estimate of drug-likeness (QED) is 0.580. The van der Waals surface area contributed by atoms with Crippen LogP contribution < -0.4 is 0 Å². The van der Waals surface area contributed by atoms with Crippen LogP contribution in [-0.2, 0) is 6.42 Å². The molecule has 1 aliphatic carbocycles. The summed E-state index contributed by atoms with van der Waals surface area (Å²) in [5.41, 5.74) is 5.19. The molecule has 1 aromatic carbocycles. The number of benzene rings is 1. The summed E-state index contributed by atoms with van der Waals surface area (Å²) in [7, 11) is 0. The van der Waals surface area contributed by atoms with Crippen LogP contribution in [0.3, 0.4) is 0 Å². The zero-order chi connectivity index (χ0) is 15.4. The molecule has 0 N–H and O–H groups in total. The Bertz CT molecular complexity index is 786. The molecule has 1 aromatic heterocycles. The molecule has 0 amide bonds. The SMILES string of the molecule is C=N/C(=C\C=C1\C=Cc2ccc(Cl)nc2C1)c1ccccc1. The van der Waals surface area contributed by atoms with Crippen molar-refractivity contribution >= 4 is 30.1 Å². The number of nitrogens with zero attached hydrogens (tertiary/aromatic N) is 2. The van der Waals surface area contributed by atoms with E-state index in [2.05, 4.69) is 34.9 Å². The Labute approximate surface area is 135 Å². The van der Waals surface area contributed by atoms with Crippen LogP contribution in [0.25, 0.3) is 11.8 Å². The van der Waals surface area contributed by atoms with E-state index < -0.39 is 0 Å². The number of hydrogen-bond donors (Lipinski definition) is 0. The van der Waals surface area contributed by atoms with Gasteiger partial charge >= 0.3 is 0 Å². The maximum absolute atomic E-state index is 5.96. The third kappa shape index (κ3) is 3.23. The molecule has 0 atom stereocenters. The van der Waals surface area contributed by atoms with Crippen molar-refractivity contribution in [1.82, 2.24) is 4.98 Å². The topological polar surface area (TPSA) is 25.2 Å². The molecule has 0 bridgehead atoms. The van der Waals surface area contributed by atoms with Gasteiger partial charge in [0.05, 0.1) is 11.4 Å². The second kappa shape index (κ2) is 6.54. The lowest BCUT2D eigenvalue weighted by Crippen LogP contribution is -2.00. The summed E-state index contributed by atoms with van der Waals surface area (Å²) in [5, 5.41) is 0.529. The highest BCUT2D eigenvalue weighted by Crippen LogP contribution is 2.23. The molecule has 1 aliphatic rings. The maximum atomic E-state index is 5.96. The Morgan fingerprint density at radius 2 is 1.95 bits per heavy atom. The molecule has 22 heavy (non-hydrogen) atoms. The molecule has 0 saturated carbocycles. The second-order valence-electron chi connectivity index (χ2n) is 5.00. The van der Waals surface area contributed by atoms with Crippen molar-refractivity contribution in [3.05, 3.63) is 88.2 Å². The molecule has 0 aliphatic heterocycles. The van der Waals surface area contributed by atoms with Gasteiger partial charge in [0.25, 0.3) is 0 Å². The number of hydrogen-bond acceptors (Lipinski definition) is 2. The van der Waals surface area contributed by atoms with E-state index in [9.17, 15) is 0 Å². The third-order valence-corrected chi connectivity index (χ3v) is 3.73. The first kappa shape index (κ1) is 14.5. The van der Waals surface area contributed by atoms with Gasteiger partial charge in [-0.1, -0.05) is 66.2 Å². The minimum Gasteiger partial charge on any atom is -0.264 e. The van der Waals surface area contributed by atoms with Crippen LogP contribution in [0.5, 0.6) is 0 Å². The van der Waals surface area contributed by atoms with Gasteiger partial charge in [0.1, 0.15) is 5.15 Å². The Morgan fingerprint density at radius 1 is 1.14 bits per heavy atom. The molecule has 1 heterocycles. The predicted octanol–water partition coefficient (Wildman–Crippen LogP) is 4.97. The van der Waals surface area contributed by atoms with Crippen LogP contribution in [0.15, 0.2) is 71.3 Å². The van der Waals surface area contributed by atoms with Crippen LogP contribution in [0.4, 0.5) is 0 Å². The van der Waals surface area contributed by atoms with Gasteiger partial charge in [0, 0.05) is 12.0 Å². The molecule has 3 rings (SSSR count). The Balaban J connectivity index is 1.87. The zero-order valence-corrected chi connectivity index (χ0v) is 12.8. The number of aliphatic imine (C=N–C) groups is 1. The molecule has 0 unspecified atom stereocenters. The van der Waals surface area contributed by atoms with Gasteiger partial charge in [-0.05, 0) is 30.0 Å². The molecule has 3 heteroatoms. The van der Waals surface area contributed by atoms with E-state index in [-0.39, 0.29) is 0 Å². The van der Waals surface area contributed by atoms with E-state index in [1.165, 1.54) is 5.57 Å². The summed E-state index contributed by atoms with van der Waals surface area (Å²) in [6.07, 6.45) is 8.96. The zero-order valence-electron chi connectivity index (χ0n) is 12.0. The fraction of sp³-hybridized carbons (Fsp3) is 0.0526. The fourth-order valence-electron chi connectivity index (χ4n) is 2.38. The highest BCUT2D eigenvalue weighted by atomic mass is 35.5. The second-order valence-corrected chi connectivity index (χ2v) is 5.38. The van der Waals surface area contributed by atoms with Crippen LogP contribution in [0.2, 0.25) is 5.15 Å². The van der Waals surface area contributed by atoms with Gasteiger partial charge in [-0.2, -0.15) is 0 Å². The predicted molar refractivity (Wildman–Crippen MR) is 94.0 cm³/mol. The number of rotatable bonds is 3. The fourth-order valence-corrected chi connectivity index (χ4v) is 2.54. The van der Waals surface area contributed by atoms with Crippen LogP contribution in [-0.4, -0.2) is 11.7 Å². The van der Waals surface area contributed by atoms with Crippen molar-refractivity contribution in [1.29, 1.82) is 0 Å². The number of allylic oxidation sites excluding steroid dienone is 4. The summed E-state index contributed by atoms with van der Waals surface area (Å²) in [6, 6.07) is 13.8. The summed E-state index contributed by atoms with van der Waals surface area (Å²) in [6.45, 7) is 3.65. The molecule has 0 saturated heterocycles. The molecule has 0 radical (unpaired) electrons. The molecule has 0 fully saturated rings. The minimum absolute atomic E-state index is 0.529. The van der Waals surface area contributed by atoms with Crippen LogP contribution >= 0.6 is 11.6 Å². The van der Waals surface area contributed by atoms with Crippen molar-refractivity contribution in [2.45, 2.75) is 6.42 Å². The van der Waals surface area contributed by atoms with Gasteiger partial charge in [-0.15, -0.1) is 0 Å². The minimum atomic E-state index is 0.529. The van der Waals surface area contributed by atoms with E-state index in [1.54, 1.807) is 0 Å². The molecular formula is C19H15ClN2. The summed E-state index contributed by atoms with van der Waals surface area (Å²) >= 11 is 5.96. The van der Waals surface area contributed by atoms with E-state index in [1.807, 2.05) is 48.5 Å². The molecule has 108 valence electrons.